The Morgan fingerprint density at radius 2 is 2.57 bits per heavy atom. The molecule has 2 rings (SSSR count). The van der Waals surface area contributed by atoms with Gasteiger partial charge in [-0.05, 0) is 18.8 Å². The summed E-state index contributed by atoms with van der Waals surface area (Å²) in [5.74, 6) is 0.805. The summed E-state index contributed by atoms with van der Waals surface area (Å²) >= 11 is 1.71. The van der Waals surface area contributed by atoms with Crippen LogP contribution in [0.25, 0.3) is 0 Å². The van der Waals surface area contributed by atoms with Crippen molar-refractivity contribution in [3.8, 4) is 0 Å². The summed E-state index contributed by atoms with van der Waals surface area (Å²) < 4.78 is 0. The van der Waals surface area contributed by atoms with E-state index in [1.165, 1.54) is 12.8 Å². The van der Waals surface area contributed by atoms with Crippen molar-refractivity contribution in [1.82, 2.24) is 4.98 Å². The average molecular weight is 211 g/mol. The number of aromatic nitrogens is 1. The number of nitrogens with zero attached hydrogens (tertiary/aromatic N) is 2. The van der Waals surface area contributed by atoms with Crippen LogP contribution in [0.4, 0.5) is 5.13 Å². The highest BCUT2D eigenvalue weighted by molar-refractivity contribution is 7.13. The van der Waals surface area contributed by atoms with Crippen LogP contribution in [-0.2, 0) is 0 Å². The second-order valence-electron chi connectivity index (χ2n) is 4.03. The summed E-state index contributed by atoms with van der Waals surface area (Å²) in [6.45, 7) is 4.16. The molecule has 1 fully saturated rings. The molecular formula is C10H17N3S. The second kappa shape index (κ2) is 4.28. The van der Waals surface area contributed by atoms with Crippen LogP contribution in [0.3, 0.4) is 0 Å². The van der Waals surface area contributed by atoms with Gasteiger partial charge in [0.1, 0.15) is 0 Å². The molecule has 78 valence electrons. The average Bonchev–Trinajstić information content (AvgIpc) is 2.70. The van der Waals surface area contributed by atoms with Crippen LogP contribution >= 0.6 is 11.3 Å². The van der Waals surface area contributed by atoms with Crippen molar-refractivity contribution in [2.75, 3.05) is 18.0 Å². The summed E-state index contributed by atoms with van der Waals surface area (Å²) in [4.78, 5) is 6.72. The molecule has 3 nitrogen and oxygen atoms in total. The third-order valence-corrected chi connectivity index (χ3v) is 3.72. The van der Waals surface area contributed by atoms with Gasteiger partial charge in [-0.1, -0.05) is 6.92 Å². The van der Waals surface area contributed by atoms with Crippen molar-refractivity contribution in [2.24, 2.45) is 11.7 Å². The molecule has 0 aliphatic carbocycles. The molecule has 2 heterocycles. The minimum Gasteiger partial charge on any atom is -0.344 e. The van der Waals surface area contributed by atoms with Gasteiger partial charge in [-0.3, -0.25) is 0 Å². The molecule has 14 heavy (non-hydrogen) atoms. The monoisotopic (exact) mass is 211 g/mol. The summed E-state index contributed by atoms with van der Waals surface area (Å²) in [5.41, 5.74) is 5.80. The normalized spacial score (nSPS) is 28.0. The fraction of sp³-hybridized carbons (Fsp3) is 0.700. The number of anilines is 1. The van der Waals surface area contributed by atoms with Crippen LogP contribution in [0.5, 0.6) is 0 Å². The van der Waals surface area contributed by atoms with Gasteiger partial charge in [0.05, 0.1) is 0 Å². The van der Waals surface area contributed by atoms with Crippen molar-refractivity contribution in [2.45, 2.75) is 25.8 Å². The van der Waals surface area contributed by atoms with E-state index in [1.54, 1.807) is 11.3 Å². The van der Waals surface area contributed by atoms with E-state index >= 15 is 0 Å². The lowest BCUT2D eigenvalue weighted by molar-refractivity contribution is 0.366. The highest BCUT2D eigenvalue weighted by Crippen LogP contribution is 2.28. The lowest BCUT2D eigenvalue weighted by Crippen LogP contribution is -2.46. The maximum atomic E-state index is 5.80. The fourth-order valence-corrected chi connectivity index (χ4v) is 2.83. The quantitative estimate of drug-likeness (QED) is 0.809. The smallest absolute Gasteiger partial charge is 0.185 e. The van der Waals surface area contributed by atoms with Crippen LogP contribution in [0.15, 0.2) is 11.6 Å². The largest absolute Gasteiger partial charge is 0.344 e. The second-order valence-corrected chi connectivity index (χ2v) is 4.90. The number of hydrogen-bond acceptors (Lipinski definition) is 4. The van der Waals surface area contributed by atoms with Gasteiger partial charge >= 0.3 is 0 Å². The van der Waals surface area contributed by atoms with Crippen molar-refractivity contribution in [3.63, 3.8) is 0 Å². The lowest BCUT2D eigenvalue weighted by Gasteiger charge is -2.37. The zero-order valence-corrected chi connectivity index (χ0v) is 9.33. The molecule has 0 radical (unpaired) electrons. The first kappa shape index (κ1) is 9.93. The number of hydrogen-bond donors (Lipinski definition) is 1. The van der Waals surface area contributed by atoms with E-state index in [2.05, 4.69) is 16.8 Å². The van der Waals surface area contributed by atoms with E-state index in [9.17, 15) is 0 Å². The predicted molar refractivity (Wildman–Crippen MR) is 60.7 cm³/mol. The lowest BCUT2D eigenvalue weighted by atomic mass is 9.93. The summed E-state index contributed by atoms with van der Waals surface area (Å²) in [5, 5.41) is 3.16. The molecule has 0 aromatic carbocycles. The molecule has 0 bridgehead atoms. The zero-order valence-electron chi connectivity index (χ0n) is 8.52. The van der Waals surface area contributed by atoms with E-state index in [1.807, 2.05) is 11.6 Å². The number of rotatable bonds is 2. The Balaban J connectivity index is 2.10. The van der Waals surface area contributed by atoms with Crippen LogP contribution in [0, 0.1) is 5.92 Å². The standard InChI is InChI=1S/C10H17N3S/c1-8-2-4-13(9(6-8)7-11)10-12-3-5-14-10/h3,5,8-9H,2,4,6-7,11H2,1H3. The summed E-state index contributed by atoms with van der Waals surface area (Å²) in [7, 11) is 0. The molecule has 0 spiro atoms. The summed E-state index contributed by atoms with van der Waals surface area (Å²) in [6, 6.07) is 0.491. The minimum atomic E-state index is 0.491. The van der Waals surface area contributed by atoms with Crippen molar-refractivity contribution in [1.29, 1.82) is 0 Å². The van der Waals surface area contributed by atoms with E-state index in [0.717, 1.165) is 24.1 Å². The van der Waals surface area contributed by atoms with Gasteiger partial charge in [0.25, 0.3) is 0 Å². The molecule has 4 heteroatoms. The molecule has 0 amide bonds. The van der Waals surface area contributed by atoms with Gasteiger partial charge < -0.3 is 10.6 Å². The molecule has 0 saturated carbocycles. The van der Waals surface area contributed by atoms with Crippen LogP contribution in [0.1, 0.15) is 19.8 Å². The molecular weight excluding hydrogens is 194 g/mol. The van der Waals surface area contributed by atoms with E-state index in [-0.39, 0.29) is 0 Å². The Hall–Kier alpha value is -0.610. The van der Waals surface area contributed by atoms with Crippen LogP contribution < -0.4 is 10.6 Å². The molecule has 1 aromatic heterocycles. The Kier molecular flexibility index (Phi) is 3.03. The van der Waals surface area contributed by atoms with Crippen LogP contribution in [0.2, 0.25) is 0 Å². The highest BCUT2D eigenvalue weighted by Gasteiger charge is 2.26. The van der Waals surface area contributed by atoms with E-state index in [0.29, 0.717) is 6.04 Å². The highest BCUT2D eigenvalue weighted by atomic mass is 32.1. The van der Waals surface area contributed by atoms with Gasteiger partial charge in [0.15, 0.2) is 5.13 Å². The first-order valence-electron chi connectivity index (χ1n) is 5.17. The Morgan fingerprint density at radius 1 is 1.71 bits per heavy atom. The van der Waals surface area contributed by atoms with Gasteiger partial charge in [-0.2, -0.15) is 0 Å². The molecule has 2 atom stereocenters. The fourth-order valence-electron chi connectivity index (χ4n) is 2.08. The SMILES string of the molecule is CC1CCN(c2nccs2)C(CN)C1. The molecule has 2 N–H and O–H groups in total. The third-order valence-electron chi connectivity index (χ3n) is 2.92. The minimum absolute atomic E-state index is 0.491. The van der Waals surface area contributed by atoms with Crippen molar-refractivity contribution >= 4 is 16.5 Å². The number of nitrogens with two attached hydrogens (primary N) is 1. The maximum absolute atomic E-state index is 5.80. The Morgan fingerprint density at radius 3 is 3.21 bits per heavy atom. The van der Waals surface area contributed by atoms with Crippen molar-refractivity contribution in [3.05, 3.63) is 11.6 Å². The first-order valence-corrected chi connectivity index (χ1v) is 6.05. The van der Waals surface area contributed by atoms with Gasteiger partial charge in [0.2, 0.25) is 0 Å². The van der Waals surface area contributed by atoms with Crippen LogP contribution in [-0.4, -0.2) is 24.1 Å². The summed E-state index contributed by atoms with van der Waals surface area (Å²) in [6.07, 6.45) is 4.33. The van der Waals surface area contributed by atoms with E-state index in [4.69, 9.17) is 5.73 Å². The molecule has 1 saturated heterocycles. The first-order chi connectivity index (χ1) is 6.81. The molecule has 1 aliphatic rings. The van der Waals surface area contributed by atoms with Gasteiger partial charge in [-0.15, -0.1) is 11.3 Å². The maximum Gasteiger partial charge on any atom is 0.185 e. The topological polar surface area (TPSA) is 42.2 Å². The molecule has 2 unspecified atom stereocenters. The van der Waals surface area contributed by atoms with Crippen molar-refractivity contribution < 1.29 is 0 Å². The Bertz CT molecular complexity index is 273. The molecule has 1 aromatic rings. The third kappa shape index (κ3) is 1.91. The number of thiazole rings is 1. The zero-order chi connectivity index (χ0) is 9.97. The Labute approximate surface area is 88.9 Å². The van der Waals surface area contributed by atoms with Gasteiger partial charge in [0, 0.05) is 30.7 Å². The predicted octanol–water partition coefficient (Wildman–Crippen LogP) is 1.71. The van der Waals surface area contributed by atoms with Gasteiger partial charge in [-0.25, -0.2) is 4.98 Å². The van der Waals surface area contributed by atoms with E-state index < -0.39 is 0 Å². The number of piperidine rings is 1. The molecule has 1 aliphatic heterocycles.